The molecule has 0 spiro atoms. The van der Waals surface area contributed by atoms with E-state index in [1.807, 2.05) is 0 Å². The number of hydrogen-bond donors (Lipinski definition) is 2. The Morgan fingerprint density at radius 1 is 1.21 bits per heavy atom. The molecule has 2 N–H and O–H groups in total. The summed E-state index contributed by atoms with van der Waals surface area (Å²) in [6, 6.07) is 4.59. The van der Waals surface area contributed by atoms with Crippen LogP contribution in [0, 0.1) is 5.92 Å². The number of sulfone groups is 1. The van der Waals surface area contributed by atoms with Gasteiger partial charge in [-0.15, -0.1) is 11.3 Å². The number of thiophene rings is 1. The van der Waals surface area contributed by atoms with Crippen molar-refractivity contribution in [1.82, 2.24) is 5.32 Å². The van der Waals surface area contributed by atoms with Crippen LogP contribution in [0.2, 0.25) is 10.0 Å². The lowest BCUT2D eigenvalue weighted by Crippen LogP contribution is -2.36. The van der Waals surface area contributed by atoms with Crippen LogP contribution in [0.4, 0.5) is 5.00 Å². The van der Waals surface area contributed by atoms with Gasteiger partial charge < -0.3 is 10.6 Å². The molecule has 0 saturated carbocycles. The van der Waals surface area contributed by atoms with E-state index in [4.69, 9.17) is 23.2 Å². The third kappa shape index (κ3) is 5.80. The molecule has 2 aliphatic rings. The summed E-state index contributed by atoms with van der Waals surface area (Å²) in [5.74, 6) is -0.176. The van der Waals surface area contributed by atoms with Gasteiger partial charge in [0.05, 0.1) is 17.1 Å². The minimum atomic E-state index is -3.11. The lowest BCUT2D eigenvalue weighted by Gasteiger charge is -2.19. The highest BCUT2D eigenvalue weighted by Gasteiger charge is 2.33. The van der Waals surface area contributed by atoms with E-state index in [0.29, 0.717) is 38.5 Å². The third-order valence-corrected chi connectivity index (χ3v) is 9.42. The van der Waals surface area contributed by atoms with Crippen LogP contribution in [0.3, 0.4) is 0 Å². The fourth-order valence-electron chi connectivity index (χ4n) is 4.20. The monoisotopic (exact) mass is 526 g/mol. The maximum atomic E-state index is 13.2. The number of halogens is 2. The first-order chi connectivity index (χ1) is 15.6. The van der Waals surface area contributed by atoms with E-state index in [0.717, 1.165) is 29.7 Å². The van der Waals surface area contributed by atoms with Crippen LogP contribution in [-0.2, 0) is 27.5 Å². The molecule has 2 amide bonds. The van der Waals surface area contributed by atoms with Crippen molar-refractivity contribution in [2.45, 2.75) is 38.6 Å². The molecule has 2 atom stereocenters. The molecular formula is C23H24Cl2N2O4S2. The lowest BCUT2D eigenvalue weighted by molar-refractivity contribution is -0.111. The molecule has 0 radical (unpaired) electrons. The highest BCUT2D eigenvalue weighted by molar-refractivity contribution is 7.91. The molecule has 1 aliphatic heterocycles. The first-order valence-corrected chi connectivity index (χ1v) is 14.1. The quantitative estimate of drug-likeness (QED) is 0.549. The van der Waals surface area contributed by atoms with Gasteiger partial charge in [0.1, 0.15) is 5.00 Å². The predicted molar refractivity (Wildman–Crippen MR) is 134 cm³/mol. The maximum Gasteiger partial charge on any atom is 0.254 e. The Morgan fingerprint density at radius 2 is 2.00 bits per heavy atom. The smallest absolute Gasteiger partial charge is 0.254 e. The summed E-state index contributed by atoms with van der Waals surface area (Å²) < 4.78 is 23.6. The number of carbonyl (C=O) groups is 2. The second-order valence-electron chi connectivity index (χ2n) is 8.62. The molecule has 2 heterocycles. The summed E-state index contributed by atoms with van der Waals surface area (Å²) in [6.07, 6.45) is 5.93. The molecule has 10 heteroatoms. The number of amides is 2. The summed E-state index contributed by atoms with van der Waals surface area (Å²) >= 11 is 13.5. The van der Waals surface area contributed by atoms with Crippen LogP contribution in [0.15, 0.2) is 24.3 Å². The molecule has 176 valence electrons. The van der Waals surface area contributed by atoms with E-state index in [1.54, 1.807) is 24.3 Å². The van der Waals surface area contributed by atoms with Gasteiger partial charge in [-0.05, 0) is 60.9 Å². The van der Waals surface area contributed by atoms with Crippen molar-refractivity contribution in [3.8, 4) is 0 Å². The Hall–Kier alpha value is -1.87. The molecule has 1 aromatic heterocycles. The van der Waals surface area contributed by atoms with Crippen LogP contribution >= 0.6 is 34.5 Å². The number of rotatable bonds is 5. The van der Waals surface area contributed by atoms with E-state index in [1.165, 1.54) is 17.4 Å². The third-order valence-electron chi connectivity index (χ3n) is 5.92. The maximum absolute atomic E-state index is 13.2. The summed E-state index contributed by atoms with van der Waals surface area (Å²) in [7, 11) is -3.11. The highest BCUT2D eigenvalue weighted by atomic mass is 35.5. The largest absolute Gasteiger partial charge is 0.348 e. The minimum Gasteiger partial charge on any atom is -0.348 e. The molecular weight excluding hydrogens is 503 g/mol. The molecule has 1 fully saturated rings. The van der Waals surface area contributed by atoms with Crippen molar-refractivity contribution in [3.05, 3.63) is 55.9 Å². The molecule has 2 unspecified atom stereocenters. The van der Waals surface area contributed by atoms with Crippen molar-refractivity contribution in [2.75, 3.05) is 16.8 Å². The number of anilines is 1. The van der Waals surface area contributed by atoms with Gasteiger partial charge >= 0.3 is 0 Å². The number of fused-ring (bicyclic) bond motifs is 1. The zero-order valence-electron chi connectivity index (χ0n) is 18.0. The van der Waals surface area contributed by atoms with E-state index in [-0.39, 0.29) is 23.3 Å². The van der Waals surface area contributed by atoms with Crippen LogP contribution < -0.4 is 10.6 Å². The molecule has 1 saturated heterocycles. The van der Waals surface area contributed by atoms with Gasteiger partial charge in [0.25, 0.3) is 5.91 Å². The Kier molecular flexibility index (Phi) is 7.19. The molecule has 0 bridgehead atoms. The Balaban J connectivity index is 1.56. The molecule has 2 aromatic rings. The Morgan fingerprint density at radius 3 is 2.70 bits per heavy atom. The predicted octanol–water partition coefficient (Wildman–Crippen LogP) is 4.75. The molecule has 1 aliphatic carbocycles. The molecule has 33 heavy (non-hydrogen) atoms. The number of nitrogens with one attached hydrogen (secondary N) is 2. The van der Waals surface area contributed by atoms with Gasteiger partial charge in [-0.25, -0.2) is 8.42 Å². The normalized spacial score (nSPS) is 21.7. The number of hydrogen-bond acceptors (Lipinski definition) is 5. The van der Waals surface area contributed by atoms with E-state index in [2.05, 4.69) is 17.6 Å². The number of benzene rings is 1. The zero-order chi connectivity index (χ0) is 23.8. The average Bonchev–Trinajstić information content (AvgIpc) is 3.25. The Bertz CT molecular complexity index is 1240. The zero-order valence-corrected chi connectivity index (χ0v) is 21.1. The van der Waals surface area contributed by atoms with Crippen LogP contribution in [-0.4, -0.2) is 37.8 Å². The number of carbonyl (C=O) groups excluding carboxylic acids is 2. The van der Waals surface area contributed by atoms with E-state index >= 15 is 0 Å². The first kappa shape index (κ1) is 24.3. The Labute approximate surface area is 207 Å². The van der Waals surface area contributed by atoms with Gasteiger partial charge in [-0.2, -0.15) is 0 Å². The molecule has 4 rings (SSSR count). The fourth-order valence-corrected chi connectivity index (χ4v) is 7.76. The SMILES string of the molecule is CC1CCc2c(sc(NC(=O)/C=C/c3ccc(Cl)cc3Cl)c2C(=O)NC2CCS(=O)(=O)C2)C1. The van der Waals surface area contributed by atoms with Gasteiger partial charge in [-0.3, -0.25) is 9.59 Å². The molecule has 6 nitrogen and oxygen atoms in total. The van der Waals surface area contributed by atoms with Gasteiger partial charge in [-0.1, -0.05) is 36.2 Å². The minimum absolute atomic E-state index is 0.0472. The lowest BCUT2D eigenvalue weighted by atomic mass is 9.88. The summed E-state index contributed by atoms with van der Waals surface area (Å²) in [4.78, 5) is 27.0. The second kappa shape index (κ2) is 9.78. The van der Waals surface area contributed by atoms with Crippen LogP contribution in [0.1, 0.15) is 46.1 Å². The van der Waals surface area contributed by atoms with Crippen molar-refractivity contribution < 1.29 is 18.0 Å². The van der Waals surface area contributed by atoms with E-state index in [9.17, 15) is 18.0 Å². The highest BCUT2D eigenvalue weighted by Crippen LogP contribution is 2.40. The van der Waals surface area contributed by atoms with Crippen LogP contribution in [0.5, 0.6) is 0 Å². The summed E-state index contributed by atoms with van der Waals surface area (Å²) in [6.45, 7) is 2.17. The van der Waals surface area contributed by atoms with Gasteiger partial charge in [0.2, 0.25) is 5.91 Å². The summed E-state index contributed by atoms with van der Waals surface area (Å²) in [5, 5.41) is 7.15. The van der Waals surface area contributed by atoms with E-state index < -0.39 is 15.9 Å². The fraction of sp³-hybridized carbons (Fsp3) is 0.391. The van der Waals surface area contributed by atoms with Crippen molar-refractivity contribution in [3.63, 3.8) is 0 Å². The van der Waals surface area contributed by atoms with Gasteiger partial charge in [0.15, 0.2) is 9.84 Å². The van der Waals surface area contributed by atoms with Crippen molar-refractivity contribution in [1.29, 1.82) is 0 Å². The topological polar surface area (TPSA) is 92.3 Å². The standard InChI is InChI=1S/C23H24Cl2N2O4S2/c1-13-2-6-17-19(10-13)32-23(21(17)22(29)26-16-8-9-33(30,31)12-16)27-20(28)7-4-14-3-5-15(24)11-18(14)25/h3-5,7,11,13,16H,2,6,8-10,12H2,1H3,(H,26,29)(H,27,28)/b7-4+. The van der Waals surface area contributed by atoms with Crippen molar-refractivity contribution in [2.24, 2.45) is 5.92 Å². The first-order valence-electron chi connectivity index (χ1n) is 10.7. The average molecular weight is 527 g/mol. The van der Waals surface area contributed by atoms with Gasteiger partial charge in [0, 0.05) is 27.0 Å². The molecule has 1 aromatic carbocycles. The van der Waals surface area contributed by atoms with Crippen LogP contribution in [0.25, 0.3) is 6.08 Å². The summed E-state index contributed by atoms with van der Waals surface area (Å²) in [5.41, 5.74) is 2.06. The van der Waals surface area contributed by atoms with Crippen molar-refractivity contribution >= 4 is 67.3 Å². The second-order valence-corrected chi connectivity index (χ2v) is 12.8.